The van der Waals surface area contributed by atoms with Crippen molar-refractivity contribution in [3.05, 3.63) is 34.9 Å². The van der Waals surface area contributed by atoms with Gasteiger partial charge in [-0.25, -0.2) is 0 Å². The second-order valence-corrected chi connectivity index (χ2v) is 5.87. The van der Waals surface area contributed by atoms with Crippen molar-refractivity contribution in [2.24, 2.45) is 11.8 Å². The Balaban J connectivity index is 1.89. The molecule has 2 N–H and O–H groups in total. The topological polar surface area (TPSA) is 32.3 Å². The Morgan fingerprint density at radius 3 is 2.67 bits per heavy atom. The first-order valence-electron chi connectivity index (χ1n) is 6.75. The molecule has 0 spiro atoms. The minimum atomic E-state index is -0.526. The Morgan fingerprint density at radius 1 is 1.33 bits per heavy atom. The monoisotopic (exact) mass is 267 g/mol. The minimum Gasteiger partial charge on any atom is -0.387 e. The van der Waals surface area contributed by atoms with Crippen LogP contribution in [0.2, 0.25) is 5.02 Å². The lowest BCUT2D eigenvalue weighted by molar-refractivity contribution is 0.166. The predicted octanol–water partition coefficient (Wildman–Crippen LogP) is 3.40. The average Bonchev–Trinajstić information content (AvgIpc) is 2.68. The SMILES string of the molecule is CC1CCC(NCC(O)c2ccccc2Cl)C1C. The van der Waals surface area contributed by atoms with Gasteiger partial charge in [-0.05, 0) is 30.7 Å². The van der Waals surface area contributed by atoms with E-state index in [0.29, 0.717) is 23.5 Å². The van der Waals surface area contributed by atoms with E-state index in [9.17, 15) is 5.11 Å². The average molecular weight is 268 g/mol. The summed E-state index contributed by atoms with van der Waals surface area (Å²) in [6.45, 7) is 5.17. The van der Waals surface area contributed by atoms with Crippen molar-refractivity contribution in [1.29, 1.82) is 0 Å². The Hall–Kier alpha value is -0.570. The van der Waals surface area contributed by atoms with E-state index in [1.165, 1.54) is 12.8 Å². The lowest BCUT2D eigenvalue weighted by atomic mass is 9.97. The molecule has 1 aromatic carbocycles. The fourth-order valence-corrected chi connectivity index (χ4v) is 3.03. The number of benzene rings is 1. The van der Waals surface area contributed by atoms with Crippen LogP contribution in [-0.2, 0) is 0 Å². The van der Waals surface area contributed by atoms with E-state index < -0.39 is 6.10 Å². The van der Waals surface area contributed by atoms with Gasteiger partial charge in [0.1, 0.15) is 0 Å². The Kier molecular flexibility index (Phi) is 4.66. The van der Waals surface area contributed by atoms with Crippen molar-refractivity contribution in [1.82, 2.24) is 5.32 Å². The first-order valence-corrected chi connectivity index (χ1v) is 7.13. The molecule has 4 atom stereocenters. The number of hydrogen-bond acceptors (Lipinski definition) is 2. The summed E-state index contributed by atoms with van der Waals surface area (Å²) in [5, 5.41) is 14.3. The van der Waals surface area contributed by atoms with Crippen molar-refractivity contribution in [2.75, 3.05) is 6.54 Å². The molecule has 3 heteroatoms. The van der Waals surface area contributed by atoms with Gasteiger partial charge in [0.2, 0.25) is 0 Å². The van der Waals surface area contributed by atoms with Crippen LogP contribution in [0.3, 0.4) is 0 Å². The van der Waals surface area contributed by atoms with Crippen LogP contribution in [0.4, 0.5) is 0 Å². The van der Waals surface area contributed by atoms with E-state index in [1.54, 1.807) is 0 Å². The van der Waals surface area contributed by atoms with Crippen molar-refractivity contribution in [2.45, 2.75) is 38.8 Å². The molecule has 1 saturated carbocycles. The molecule has 2 nitrogen and oxygen atoms in total. The lowest BCUT2D eigenvalue weighted by Crippen LogP contribution is -2.35. The van der Waals surface area contributed by atoms with Crippen LogP contribution in [0, 0.1) is 11.8 Å². The van der Waals surface area contributed by atoms with Gasteiger partial charge in [0.25, 0.3) is 0 Å². The van der Waals surface area contributed by atoms with E-state index in [-0.39, 0.29) is 0 Å². The molecule has 0 amide bonds. The second kappa shape index (κ2) is 6.05. The Labute approximate surface area is 114 Å². The van der Waals surface area contributed by atoms with Gasteiger partial charge in [0, 0.05) is 23.2 Å². The smallest absolute Gasteiger partial charge is 0.0928 e. The molecule has 1 aromatic rings. The zero-order valence-corrected chi connectivity index (χ0v) is 11.8. The van der Waals surface area contributed by atoms with Gasteiger partial charge in [-0.3, -0.25) is 0 Å². The van der Waals surface area contributed by atoms with Gasteiger partial charge in [0.05, 0.1) is 6.10 Å². The summed E-state index contributed by atoms with van der Waals surface area (Å²) in [5.74, 6) is 1.46. The van der Waals surface area contributed by atoms with Gasteiger partial charge in [-0.2, -0.15) is 0 Å². The summed E-state index contributed by atoms with van der Waals surface area (Å²) in [6.07, 6.45) is 1.96. The van der Waals surface area contributed by atoms with Gasteiger partial charge < -0.3 is 10.4 Å². The Morgan fingerprint density at radius 2 is 2.06 bits per heavy atom. The number of aliphatic hydroxyl groups is 1. The zero-order chi connectivity index (χ0) is 13.1. The third-order valence-corrected chi connectivity index (χ3v) is 4.65. The maximum absolute atomic E-state index is 10.2. The molecule has 2 rings (SSSR count). The van der Waals surface area contributed by atoms with E-state index >= 15 is 0 Å². The third kappa shape index (κ3) is 3.05. The molecule has 0 bridgehead atoms. The molecule has 0 aliphatic heterocycles. The molecule has 1 aliphatic rings. The van der Waals surface area contributed by atoms with Crippen molar-refractivity contribution in [3.63, 3.8) is 0 Å². The van der Waals surface area contributed by atoms with Crippen LogP contribution in [0.25, 0.3) is 0 Å². The standard InChI is InChI=1S/C15H22ClNO/c1-10-7-8-14(11(10)2)17-9-15(18)12-5-3-4-6-13(12)16/h3-6,10-11,14-15,17-18H,7-9H2,1-2H3. The summed E-state index contributed by atoms with van der Waals surface area (Å²) in [6, 6.07) is 8.02. The quantitative estimate of drug-likeness (QED) is 0.876. The van der Waals surface area contributed by atoms with Crippen molar-refractivity contribution >= 4 is 11.6 Å². The molecular formula is C15H22ClNO. The Bertz CT molecular complexity index is 396. The molecule has 4 unspecified atom stereocenters. The highest BCUT2D eigenvalue weighted by Gasteiger charge is 2.29. The normalized spacial score (nSPS) is 29.4. The summed E-state index contributed by atoms with van der Waals surface area (Å²) in [4.78, 5) is 0. The molecule has 1 aliphatic carbocycles. The molecule has 0 saturated heterocycles. The van der Waals surface area contributed by atoms with Crippen LogP contribution in [0.5, 0.6) is 0 Å². The van der Waals surface area contributed by atoms with Crippen LogP contribution >= 0.6 is 11.6 Å². The number of rotatable bonds is 4. The molecule has 0 heterocycles. The number of hydrogen-bond donors (Lipinski definition) is 2. The first-order chi connectivity index (χ1) is 8.59. The molecular weight excluding hydrogens is 246 g/mol. The van der Waals surface area contributed by atoms with E-state index in [2.05, 4.69) is 19.2 Å². The fourth-order valence-electron chi connectivity index (χ4n) is 2.77. The van der Waals surface area contributed by atoms with E-state index in [1.807, 2.05) is 24.3 Å². The second-order valence-electron chi connectivity index (χ2n) is 5.47. The maximum Gasteiger partial charge on any atom is 0.0928 e. The van der Waals surface area contributed by atoms with E-state index in [4.69, 9.17) is 11.6 Å². The predicted molar refractivity (Wildman–Crippen MR) is 75.8 cm³/mol. The lowest BCUT2D eigenvalue weighted by Gasteiger charge is -2.22. The number of nitrogens with one attached hydrogen (secondary N) is 1. The fraction of sp³-hybridized carbons (Fsp3) is 0.600. The molecule has 100 valence electrons. The van der Waals surface area contributed by atoms with Crippen LogP contribution < -0.4 is 5.32 Å². The molecule has 0 radical (unpaired) electrons. The van der Waals surface area contributed by atoms with Crippen LogP contribution in [-0.4, -0.2) is 17.7 Å². The van der Waals surface area contributed by atoms with Gasteiger partial charge in [-0.1, -0.05) is 43.6 Å². The summed E-state index contributed by atoms with van der Waals surface area (Å²) in [5.41, 5.74) is 0.811. The number of halogens is 1. The molecule has 1 fully saturated rings. The summed E-state index contributed by atoms with van der Waals surface area (Å²) < 4.78 is 0. The van der Waals surface area contributed by atoms with E-state index in [0.717, 1.165) is 11.5 Å². The highest BCUT2D eigenvalue weighted by atomic mass is 35.5. The maximum atomic E-state index is 10.2. The zero-order valence-electron chi connectivity index (χ0n) is 11.1. The number of aliphatic hydroxyl groups excluding tert-OH is 1. The highest BCUT2D eigenvalue weighted by Crippen LogP contribution is 2.31. The van der Waals surface area contributed by atoms with Crippen LogP contribution in [0.1, 0.15) is 38.4 Å². The summed E-state index contributed by atoms with van der Waals surface area (Å²) >= 11 is 6.08. The summed E-state index contributed by atoms with van der Waals surface area (Å²) in [7, 11) is 0. The van der Waals surface area contributed by atoms with Gasteiger partial charge in [0.15, 0.2) is 0 Å². The highest BCUT2D eigenvalue weighted by molar-refractivity contribution is 6.31. The van der Waals surface area contributed by atoms with Crippen molar-refractivity contribution in [3.8, 4) is 0 Å². The minimum absolute atomic E-state index is 0.525. The molecule has 18 heavy (non-hydrogen) atoms. The first kappa shape index (κ1) is 13.9. The van der Waals surface area contributed by atoms with Gasteiger partial charge >= 0.3 is 0 Å². The third-order valence-electron chi connectivity index (χ3n) is 4.30. The van der Waals surface area contributed by atoms with Crippen LogP contribution in [0.15, 0.2) is 24.3 Å². The van der Waals surface area contributed by atoms with Gasteiger partial charge in [-0.15, -0.1) is 0 Å². The van der Waals surface area contributed by atoms with Crippen molar-refractivity contribution < 1.29 is 5.11 Å². The molecule has 0 aromatic heterocycles. The largest absolute Gasteiger partial charge is 0.387 e.